The minimum atomic E-state index is -0.184. The Morgan fingerprint density at radius 2 is 1.86 bits per heavy atom. The number of ether oxygens (including phenoxy) is 1. The van der Waals surface area contributed by atoms with E-state index in [1.165, 1.54) is 7.11 Å². The van der Waals surface area contributed by atoms with Crippen LogP contribution >= 0.6 is 0 Å². The number of carbonyl (C=O) groups excluding carboxylic acids is 2. The van der Waals surface area contributed by atoms with Crippen LogP contribution in [0.5, 0.6) is 5.75 Å². The highest BCUT2D eigenvalue weighted by molar-refractivity contribution is 5.96. The lowest BCUT2D eigenvalue weighted by Crippen LogP contribution is -2.26. The molecule has 0 saturated carbocycles. The predicted molar refractivity (Wildman–Crippen MR) is 80.9 cm³/mol. The van der Waals surface area contributed by atoms with E-state index in [0.29, 0.717) is 29.8 Å². The third-order valence-corrected chi connectivity index (χ3v) is 3.21. The van der Waals surface area contributed by atoms with Crippen molar-refractivity contribution in [3.63, 3.8) is 0 Å². The fourth-order valence-electron chi connectivity index (χ4n) is 2.11. The zero-order valence-electron chi connectivity index (χ0n) is 11.8. The van der Waals surface area contributed by atoms with Crippen molar-refractivity contribution >= 4 is 12.2 Å². The second-order valence-corrected chi connectivity index (χ2v) is 4.52. The molecule has 0 aromatic heterocycles. The molecular formula is C17H17NO3. The number of hydrogen-bond donors (Lipinski definition) is 1. The number of nitrogens with one attached hydrogen (secondary N) is 1. The maximum atomic E-state index is 12.1. The lowest BCUT2D eigenvalue weighted by atomic mass is 10.1. The van der Waals surface area contributed by atoms with Crippen LogP contribution in [0.15, 0.2) is 48.5 Å². The van der Waals surface area contributed by atoms with Gasteiger partial charge in [-0.05, 0) is 24.1 Å². The Morgan fingerprint density at radius 1 is 1.14 bits per heavy atom. The molecule has 0 aliphatic carbocycles. The van der Waals surface area contributed by atoms with E-state index in [1.54, 1.807) is 24.3 Å². The molecule has 21 heavy (non-hydrogen) atoms. The van der Waals surface area contributed by atoms with Crippen LogP contribution in [0.2, 0.25) is 0 Å². The quantitative estimate of drug-likeness (QED) is 0.829. The summed E-state index contributed by atoms with van der Waals surface area (Å²) in [4.78, 5) is 23.0. The van der Waals surface area contributed by atoms with Gasteiger partial charge in [0.15, 0.2) is 0 Å². The Bertz CT molecular complexity index is 637. The van der Waals surface area contributed by atoms with Gasteiger partial charge in [0, 0.05) is 12.1 Å². The summed E-state index contributed by atoms with van der Waals surface area (Å²) < 4.78 is 5.16. The van der Waals surface area contributed by atoms with Crippen molar-refractivity contribution in [2.45, 2.75) is 6.42 Å². The van der Waals surface area contributed by atoms with Crippen molar-refractivity contribution in [2.75, 3.05) is 13.7 Å². The number of hydrogen-bond acceptors (Lipinski definition) is 3. The maximum absolute atomic E-state index is 12.1. The molecule has 1 N–H and O–H groups in total. The van der Waals surface area contributed by atoms with Gasteiger partial charge in [-0.2, -0.15) is 0 Å². The van der Waals surface area contributed by atoms with Crippen molar-refractivity contribution in [1.29, 1.82) is 0 Å². The van der Waals surface area contributed by atoms with Crippen LogP contribution in [0.25, 0.3) is 0 Å². The smallest absolute Gasteiger partial charge is 0.255 e. The summed E-state index contributed by atoms with van der Waals surface area (Å²) in [6.45, 7) is 0.460. The minimum absolute atomic E-state index is 0.184. The average molecular weight is 283 g/mol. The van der Waals surface area contributed by atoms with E-state index in [1.807, 2.05) is 24.3 Å². The summed E-state index contributed by atoms with van der Waals surface area (Å²) in [6, 6.07) is 14.4. The standard InChI is InChI=1S/C17H17NO3/c1-21-16-9-5-4-8-15(16)17(20)18-11-10-13-6-2-3-7-14(13)12-19/h2-9,12H,10-11H2,1H3,(H,18,20). The van der Waals surface area contributed by atoms with Gasteiger partial charge in [-0.3, -0.25) is 9.59 Å². The highest BCUT2D eigenvalue weighted by atomic mass is 16.5. The first-order chi connectivity index (χ1) is 10.3. The third-order valence-electron chi connectivity index (χ3n) is 3.21. The van der Waals surface area contributed by atoms with Gasteiger partial charge in [-0.15, -0.1) is 0 Å². The number of amides is 1. The van der Waals surface area contributed by atoms with Crippen LogP contribution in [0.1, 0.15) is 26.3 Å². The van der Waals surface area contributed by atoms with Gasteiger partial charge in [0.05, 0.1) is 12.7 Å². The van der Waals surface area contributed by atoms with Crippen LogP contribution in [0, 0.1) is 0 Å². The highest BCUT2D eigenvalue weighted by Crippen LogP contribution is 2.16. The number of para-hydroxylation sites is 1. The molecule has 108 valence electrons. The normalized spacial score (nSPS) is 9.95. The van der Waals surface area contributed by atoms with E-state index in [4.69, 9.17) is 4.74 Å². The fraction of sp³-hybridized carbons (Fsp3) is 0.176. The second-order valence-electron chi connectivity index (χ2n) is 4.52. The van der Waals surface area contributed by atoms with E-state index in [0.717, 1.165) is 11.8 Å². The van der Waals surface area contributed by atoms with Crippen molar-refractivity contribution in [3.05, 3.63) is 65.2 Å². The van der Waals surface area contributed by atoms with Gasteiger partial charge in [0.1, 0.15) is 12.0 Å². The molecule has 0 spiro atoms. The molecule has 4 nitrogen and oxygen atoms in total. The zero-order valence-corrected chi connectivity index (χ0v) is 11.8. The molecule has 4 heteroatoms. The summed E-state index contributed by atoms with van der Waals surface area (Å²) in [5.41, 5.74) is 2.08. The van der Waals surface area contributed by atoms with E-state index < -0.39 is 0 Å². The Morgan fingerprint density at radius 3 is 2.62 bits per heavy atom. The van der Waals surface area contributed by atoms with Crippen LogP contribution in [0.3, 0.4) is 0 Å². The number of carbonyl (C=O) groups is 2. The van der Waals surface area contributed by atoms with Gasteiger partial charge < -0.3 is 10.1 Å². The zero-order chi connectivity index (χ0) is 15.1. The Hall–Kier alpha value is -2.62. The van der Waals surface area contributed by atoms with Crippen molar-refractivity contribution in [1.82, 2.24) is 5.32 Å². The molecule has 0 bridgehead atoms. The molecule has 0 aliphatic heterocycles. The van der Waals surface area contributed by atoms with E-state index in [9.17, 15) is 9.59 Å². The van der Waals surface area contributed by atoms with Gasteiger partial charge in [-0.1, -0.05) is 36.4 Å². The highest BCUT2D eigenvalue weighted by Gasteiger charge is 2.10. The SMILES string of the molecule is COc1ccccc1C(=O)NCCc1ccccc1C=O. The number of rotatable bonds is 6. The molecule has 0 atom stereocenters. The molecule has 0 aliphatic rings. The van der Waals surface area contributed by atoms with Gasteiger partial charge >= 0.3 is 0 Å². The minimum Gasteiger partial charge on any atom is -0.496 e. The number of aldehydes is 1. The second kappa shape index (κ2) is 7.24. The van der Waals surface area contributed by atoms with Crippen molar-refractivity contribution < 1.29 is 14.3 Å². The van der Waals surface area contributed by atoms with Gasteiger partial charge in [0.2, 0.25) is 0 Å². The van der Waals surface area contributed by atoms with Crippen LogP contribution in [0.4, 0.5) is 0 Å². The number of methoxy groups -OCH3 is 1. The first kappa shape index (κ1) is 14.8. The van der Waals surface area contributed by atoms with E-state index >= 15 is 0 Å². The Labute approximate surface area is 123 Å². The first-order valence-corrected chi connectivity index (χ1v) is 6.70. The lowest BCUT2D eigenvalue weighted by Gasteiger charge is -2.09. The van der Waals surface area contributed by atoms with E-state index in [2.05, 4.69) is 5.32 Å². The third kappa shape index (κ3) is 3.69. The molecule has 0 fully saturated rings. The summed E-state index contributed by atoms with van der Waals surface area (Å²) in [5, 5.41) is 2.84. The maximum Gasteiger partial charge on any atom is 0.255 e. The average Bonchev–Trinajstić information content (AvgIpc) is 2.55. The summed E-state index contributed by atoms with van der Waals surface area (Å²) in [7, 11) is 1.53. The predicted octanol–water partition coefficient (Wildman–Crippen LogP) is 2.48. The first-order valence-electron chi connectivity index (χ1n) is 6.70. The molecule has 2 aromatic rings. The molecule has 0 radical (unpaired) electrons. The molecule has 0 unspecified atom stereocenters. The molecule has 1 amide bonds. The Kier molecular flexibility index (Phi) is 5.10. The lowest BCUT2D eigenvalue weighted by molar-refractivity contribution is 0.0951. The molecule has 2 rings (SSSR count). The number of benzene rings is 2. The van der Waals surface area contributed by atoms with Gasteiger partial charge in [-0.25, -0.2) is 0 Å². The van der Waals surface area contributed by atoms with Crippen molar-refractivity contribution in [3.8, 4) is 5.75 Å². The Balaban J connectivity index is 1.97. The molecule has 0 heterocycles. The van der Waals surface area contributed by atoms with Crippen LogP contribution in [-0.4, -0.2) is 25.8 Å². The monoisotopic (exact) mass is 283 g/mol. The van der Waals surface area contributed by atoms with Gasteiger partial charge in [0.25, 0.3) is 5.91 Å². The molecule has 2 aromatic carbocycles. The fourth-order valence-corrected chi connectivity index (χ4v) is 2.11. The van der Waals surface area contributed by atoms with Crippen LogP contribution in [-0.2, 0) is 6.42 Å². The van der Waals surface area contributed by atoms with Crippen LogP contribution < -0.4 is 10.1 Å². The summed E-state index contributed by atoms with van der Waals surface area (Å²) in [5.74, 6) is 0.360. The largest absolute Gasteiger partial charge is 0.496 e. The topological polar surface area (TPSA) is 55.4 Å². The van der Waals surface area contributed by atoms with E-state index in [-0.39, 0.29) is 5.91 Å². The molecular weight excluding hydrogens is 266 g/mol. The summed E-state index contributed by atoms with van der Waals surface area (Å²) >= 11 is 0. The molecule has 0 saturated heterocycles. The van der Waals surface area contributed by atoms with Crippen molar-refractivity contribution in [2.24, 2.45) is 0 Å². The summed E-state index contributed by atoms with van der Waals surface area (Å²) in [6.07, 6.45) is 1.44.